The molecule has 1 amide bonds. The van der Waals surface area contributed by atoms with E-state index in [1.54, 1.807) is 0 Å². The van der Waals surface area contributed by atoms with Crippen molar-refractivity contribution in [1.29, 1.82) is 0 Å². The van der Waals surface area contributed by atoms with Crippen molar-refractivity contribution < 1.29 is 18.0 Å². The summed E-state index contributed by atoms with van der Waals surface area (Å²) in [5.74, 6) is -0.530. The van der Waals surface area contributed by atoms with Gasteiger partial charge in [0.25, 0.3) is 5.91 Å². The highest BCUT2D eigenvalue weighted by Gasteiger charge is 2.33. The van der Waals surface area contributed by atoms with Crippen molar-refractivity contribution in [2.45, 2.75) is 6.18 Å². The van der Waals surface area contributed by atoms with E-state index >= 15 is 0 Å². The highest BCUT2D eigenvalue weighted by molar-refractivity contribution is 9.10. The Morgan fingerprint density at radius 3 is 2.60 bits per heavy atom. The average molecular weight is 346 g/mol. The van der Waals surface area contributed by atoms with Crippen LogP contribution in [0.25, 0.3) is 0 Å². The normalized spacial score (nSPS) is 11.2. The zero-order valence-electron chi connectivity index (χ0n) is 9.78. The number of aromatic nitrogens is 2. The number of hydrogen-bond acceptors (Lipinski definition) is 3. The van der Waals surface area contributed by atoms with Gasteiger partial charge in [-0.3, -0.25) is 9.78 Å². The number of carbonyl (C=O) groups excluding carboxylic acids is 1. The van der Waals surface area contributed by atoms with Gasteiger partial charge in [0, 0.05) is 22.4 Å². The number of hydrogen-bond donors (Lipinski definition) is 1. The maximum Gasteiger partial charge on any atom is 0.417 e. The Morgan fingerprint density at radius 2 is 2.00 bits per heavy atom. The molecule has 0 aliphatic carbocycles. The molecule has 1 aromatic heterocycles. The lowest BCUT2D eigenvalue weighted by atomic mass is 10.1. The first-order valence-corrected chi connectivity index (χ1v) is 6.11. The van der Waals surface area contributed by atoms with Gasteiger partial charge in [-0.1, -0.05) is 15.9 Å². The van der Waals surface area contributed by atoms with Crippen LogP contribution in [0.3, 0.4) is 0 Å². The second-order valence-electron chi connectivity index (χ2n) is 3.74. The van der Waals surface area contributed by atoms with Crippen molar-refractivity contribution in [2.75, 3.05) is 5.32 Å². The monoisotopic (exact) mass is 345 g/mol. The molecule has 0 radical (unpaired) electrons. The van der Waals surface area contributed by atoms with E-state index in [2.05, 4.69) is 31.2 Å². The van der Waals surface area contributed by atoms with Crippen LogP contribution in [0.4, 0.5) is 19.0 Å². The first-order valence-electron chi connectivity index (χ1n) is 5.32. The smallest absolute Gasteiger partial charge is 0.305 e. The van der Waals surface area contributed by atoms with Crippen LogP contribution in [-0.2, 0) is 6.18 Å². The Hall–Kier alpha value is -1.96. The summed E-state index contributed by atoms with van der Waals surface area (Å²) in [4.78, 5) is 19.4. The summed E-state index contributed by atoms with van der Waals surface area (Å²) in [5, 5.41) is 2.36. The predicted octanol–water partition coefficient (Wildman–Crippen LogP) is 3.51. The summed E-state index contributed by atoms with van der Waals surface area (Å²) in [6.07, 6.45) is -0.474. The van der Waals surface area contributed by atoms with E-state index in [0.717, 1.165) is 6.07 Å². The van der Waals surface area contributed by atoms with Gasteiger partial charge in [-0.05, 0) is 18.2 Å². The number of alkyl halides is 3. The largest absolute Gasteiger partial charge is 0.417 e. The van der Waals surface area contributed by atoms with Gasteiger partial charge in [0.2, 0.25) is 0 Å². The molecular weight excluding hydrogens is 339 g/mol. The zero-order valence-corrected chi connectivity index (χ0v) is 11.4. The van der Waals surface area contributed by atoms with Crippen LogP contribution in [0, 0.1) is 0 Å². The fourth-order valence-corrected chi connectivity index (χ4v) is 1.91. The molecule has 104 valence electrons. The molecule has 0 aliphatic heterocycles. The van der Waals surface area contributed by atoms with Gasteiger partial charge in [-0.15, -0.1) is 0 Å². The van der Waals surface area contributed by atoms with E-state index in [1.807, 2.05) is 0 Å². The van der Waals surface area contributed by atoms with Crippen molar-refractivity contribution in [2.24, 2.45) is 0 Å². The van der Waals surface area contributed by atoms with Crippen LogP contribution in [0.1, 0.15) is 15.9 Å². The molecule has 1 aromatic carbocycles. The van der Waals surface area contributed by atoms with Crippen molar-refractivity contribution in [3.05, 3.63) is 52.4 Å². The summed E-state index contributed by atoms with van der Waals surface area (Å²) in [5.41, 5.74) is -1.03. The summed E-state index contributed by atoms with van der Waals surface area (Å²) >= 11 is 2.81. The quantitative estimate of drug-likeness (QED) is 0.906. The lowest BCUT2D eigenvalue weighted by molar-refractivity contribution is -0.138. The predicted molar refractivity (Wildman–Crippen MR) is 69.1 cm³/mol. The van der Waals surface area contributed by atoms with Gasteiger partial charge in [-0.25, -0.2) is 4.98 Å². The van der Waals surface area contributed by atoms with Gasteiger partial charge in [0.1, 0.15) is 0 Å². The first kappa shape index (κ1) is 14.4. The molecule has 0 bridgehead atoms. The summed E-state index contributed by atoms with van der Waals surface area (Å²) in [6, 6.07) is 3.23. The Balaban J connectivity index is 2.27. The van der Waals surface area contributed by atoms with Crippen LogP contribution in [-0.4, -0.2) is 15.9 Å². The first-order chi connectivity index (χ1) is 9.38. The molecule has 0 atom stereocenters. The highest BCUT2D eigenvalue weighted by atomic mass is 79.9. The number of nitrogens with one attached hydrogen (secondary N) is 1. The molecule has 2 aromatic rings. The molecule has 1 heterocycles. The van der Waals surface area contributed by atoms with Crippen molar-refractivity contribution in [3.8, 4) is 0 Å². The molecule has 2 rings (SSSR count). The number of anilines is 1. The third kappa shape index (κ3) is 3.32. The fraction of sp³-hybridized carbons (Fsp3) is 0.0833. The van der Waals surface area contributed by atoms with E-state index in [9.17, 15) is 18.0 Å². The van der Waals surface area contributed by atoms with Crippen LogP contribution in [0.15, 0.2) is 41.3 Å². The highest BCUT2D eigenvalue weighted by Crippen LogP contribution is 2.35. The van der Waals surface area contributed by atoms with Crippen molar-refractivity contribution >= 4 is 27.7 Å². The molecular formula is C12H7BrF3N3O. The van der Waals surface area contributed by atoms with E-state index in [-0.39, 0.29) is 15.9 Å². The lowest BCUT2D eigenvalue weighted by Crippen LogP contribution is -2.15. The fourth-order valence-electron chi connectivity index (χ4n) is 1.44. The molecule has 4 nitrogen and oxygen atoms in total. The molecule has 0 saturated carbocycles. The second-order valence-corrected chi connectivity index (χ2v) is 4.59. The molecule has 0 aliphatic rings. The maximum atomic E-state index is 12.7. The minimum Gasteiger partial charge on any atom is -0.305 e. The van der Waals surface area contributed by atoms with Crippen molar-refractivity contribution in [1.82, 2.24) is 9.97 Å². The Bertz CT molecular complexity index is 632. The summed E-state index contributed by atoms with van der Waals surface area (Å²) in [6.45, 7) is 0. The number of amides is 1. The topological polar surface area (TPSA) is 54.9 Å². The van der Waals surface area contributed by atoms with Crippen LogP contribution in [0.5, 0.6) is 0 Å². The molecule has 0 unspecified atom stereocenters. The van der Waals surface area contributed by atoms with Gasteiger partial charge >= 0.3 is 6.18 Å². The Morgan fingerprint density at radius 1 is 1.25 bits per heavy atom. The second kappa shape index (κ2) is 5.58. The van der Waals surface area contributed by atoms with E-state index in [1.165, 1.54) is 30.7 Å². The van der Waals surface area contributed by atoms with Gasteiger partial charge in [-0.2, -0.15) is 13.2 Å². The number of nitrogens with zero attached hydrogens (tertiary/aromatic N) is 2. The van der Waals surface area contributed by atoms with Gasteiger partial charge in [0.05, 0.1) is 11.8 Å². The SMILES string of the molecule is O=C(Nc1cnccn1)c1ccc(Br)c(C(F)(F)F)c1. The van der Waals surface area contributed by atoms with Gasteiger partial charge in [0.15, 0.2) is 5.82 Å². The standard InChI is InChI=1S/C12H7BrF3N3O/c13-9-2-1-7(5-8(9)12(14,15)16)11(20)19-10-6-17-3-4-18-10/h1-6H,(H,18,19,20). The number of carbonyl (C=O) groups is 1. The zero-order chi connectivity index (χ0) is 14.8. The number of benzene rings is 1. The number of rotatable bonds is 2. The minimum atomic E-state index is -4.54. The van der Waals surface area contributed by atoms with E-state index in [0.29, 0.717) is 0 Å². The lowest BCUT2D eigenvalue weighted by Gasteiger charge is -2.11. The van der Waals surface area contributed by atoms with Crippen LogP contribution >= 0.6 is 15.9 Å². The van der Waals surface area contributed by atoms with Gasteiger partial charge < -0.3 is 5.32 Å². The third-order valence-corrected chi connectivity index (χ3v) is 3.03. The molecule has 20 heavy (non-hydrogen) atoms. The van der Waals surface area contributed by atoms with E-state index < -0.39 is 17.6 Å². The van der Waals surface area contributed by atoms with E-state index in [4.69, 9.17) is 0 Å². The molecule has 0 fully saturated rings. The van der Waals surface area contributed by atoms with Crippen molar-refractivity contribution in [3.63, 3.8) is 0 Å². The molecule has 1 N–H and O–H groups in total. The Labute approximate surface area is 120 Å². The molecule has 8 heteroatoms. The Kier molecular flexibility index (Phi) is 4.03. The maximum absolute atomic E-state index is 12.7. The average Bonchev–Trinajstić information content (AvgIpc) is 2.39. The number of halogens is 4. The summed E-state index contributed by atoms with van der Waals surface area (Å²) in [7, 11) is 0. The summed E-state index contributed by atoms with van der Waals surface area (Å²) < 4.78 is 38.1. The minimum absolute atomic E-state index is 0.119. The van der Waals surface area contributed by atoms with Crippen LogP contribution < -0.4 is 5.32 Å². The third-order valence-electron chi connectivity index (χ3n) is 2.34. The molecule has 0 saturated heterocycles. The van der Waals surface area contributed by atoms with Crippen LogP contribution in [0.2, 0.25) is 0 Å². The molecule has 0 spiro atoms.